The van der Waals surface area contributed by atoms with Gasteiger partial charge in [0.1, 0.15) is 6.61 Å². The number of hydrogen-bond acceptors (Lipinski definition) is 3. The van der Waals surface area contributed by atoms with Crippen LogP contribution in [0.25, 0.3) is 69.6 Å². The first-order valence-corrected chi connectivity index (χ1v) is 16.0. The molecule has 0 bridgehead atoms. The van der Waals surface area contributed by atoms with E-state index >= 15 is 0 Å². The molecule has 0 saturated heterocycles. The van der Waals surface area contributed by atoms with Crippen molar-refractivity contribution in [2.45, 2.75) is 6.61 Å². The van der Waals surface area contributed by atoms with Gasteiger partial charge in [0, 0.05) is 36.6 Å². The molecule has 0 atom stereocenters. The van der Waals surface area contributed by atoms with Gasteiger partial charge in [0.25, 0.3) is 0 Å². The summed E-state index contributed by atoms with van der Waals surface area (Å²) < 4.78 is 11.2. The molecule has 0 saturated carbocycles. The highest BCUT2D eigenvalue weighted by Crippen LogP contribution is 2.42. The van der Waals surface area contributed by atoms with Gasteiger partial charge in [-0.1, -0.05) is 97.1 Å². The number of anilines is 1. The van der Waals surface area contributed by atoms with Crippen molar-refractivity contribution in [3.8, 4) is 22.6 Å². The van der Waals surface area contributed by atoms with Crippen LogP contribution in [0.5, 0.6) is 5.75 Å². The molecule has 0 spiro atoms. The summed E-state index contributed by atoms with van der Waals surface area (Å²) in [5, 5.41) is 7.34. The van der Waals surface area contributed by atoms with Crippen molar-refractivity contribution < 1.29 is 4.74 Å². The molecule has 0 aliphatic carbocycles. The first-order valence-electron chi connectivity index (χ1n) is 15.2. The van der Waals surface area contributed by atoms with Gasteiger partial charge in [0.15, 0.2) is 5.75 Å². The number of hydrogen-bond donors (Lipinski definition) is 1. The fourth-order valence-electron chi connectivity index (χ4n) is 6.64. The summed E-state index contributed by atoms with van der Waals surface area (Å²) in [5.41, 5.74) is 14.1. The first-order chi connectivity index (χ1) is 22.2. The summed E-state index contributed by atoms with van der Waals surface area (Å²) in [6, 6.07) is 51.9. The number of nitrogens with two attached hydrogens (primary N) is 1. The van der Waals surface area contributed by atoms with Crippen LogP contribution in [0.15, 0.2) is 146 Å². The maximum atomic E-state index is 6.41. The Kier molecular flexibility index (Phi) is 5.90. The van der Waals surface area contributed by atoms with E-state index in [2.05, 4.69) is 144 Å². The molecule has 2 N–H and O–H groups in total. The van der Waals surface area contributed by atoms with E-state index in [1.54, 1.807) is 11.3 Å². The van der Waals surface area contributed by atoms with Gasteiger partial charge in [-0.25, -0.2) is 0 Å². The highest BCUT2D eigenvalue weighted by Gasteiger charge is 2.15. The molecule has 0 aliphatic heterocycles. The third kappa shape index (κ3) is 4.26. The quantitative estimate of drug-likeness (QED) is 0.201. The average Bonchev–Trinajstić information content (AvgIpc) is 3.63. The zero-order chi connectivity index (χ0) is 29.9. The van der Waals surface area contributed by atoms with Gasteiger partial charge < -0.3 is 15.0 Å². The molecule has 0 amide bonds. The summed E-state index contributed by atoms with van der Waals surface area (Å²) in [6.07, 6.45) is 0. The molecule has 0 fully saturated rings. The van der Waals surface area contributed by atoms with Crippen LogP contribution < -0.4 is 10.5 Å². The SMILES string of the molecule is Nc1ccc2sc3ccccc3c2c1OCc1ccc(-c2ccc(-n3c4ccccc4c4cc5ccccc5cc43)cc2)cc1. The van der Waals surface area contributed by atoms with Crippen molar-refractivity contribution in [2.24, 2.45) is 0 Å². The van der Waals surface area contributed by atoms with Crippen LogP contribution in [-0.4, -0.2) is 4.57 Å². The third-order valence-corrected chi connectivity index (χ3v) is 10.00. The van der Waals surface area contributed by atoms with Gasteiger partial charge >= 0.3 is 0 Å². The van der Waals surface area contributed by atoms with Gasteiger partial charge in [0.05, 0.1) is 16.7 Å². The Hall–Kier alpha value is -5.58. The zero-order valence-corrected chi connectivity index (χ0v) is 25.2. The molecule has 214 valence electrons. The smallest absolute Gasteiger partial charge is 0.151 e. The number of rotatable bonds is 5. The van der Waals surface area contributed by atoms with Gasteiger partial charge in [-0.05, 0) is 76.0 Å². The standard InChI is InChI=1S/C41H28N2OS/c42-35-21-22-39-40(33-10-4-6-12-38(33)45-39)41(35)44-25-26-13-15-27(16-14-26)28-17-19-31(20-18-28)43-36-11-5-3-9-32(36)34-23-29-7-1-2-8-30(29)24-37(34)43/h1-24H,25,42H2. The minimum Gasteiger partial charge on any atom is -0.486 e. The minimum absolute atomic E-state index is 0.454. The maximum absolute atomic E-state index is 6.41. The summed E-state index contributed by atoms with van der Waals surface area (Å²) >= 11 is 1.77. The average molecular weight is 597 g/mol. The third-order valence-electron chi connectivity index (χ3n) is 8.86. The van der Waals surface area contributed by atoms with Crippen LogP contribution in [0, 0.1) is 0 Å². The summed E-state index contributed by atoms with van der Waals surface area (Å²) in [7, 11) is 0. The second kappa shape index (κ2) is 10.3. The van der Waals surface area contributed by atoms with Gasteiger partial charge in [-0.3, -0.25) is 0 Å². The maximum Gasteiger partial charge on any atom is 0.151 e. The molecule has 9 aromatic rings. The van der Waals surface area contributed by atoms with Crippen molar-refractivity contribution in [3.63, 3.8) is 0 Å². The van der Waals surface area contributed by atoms with Crippen molar-refractivity contribution in [3.05, 3.63) is 151 Å². The number of fused-ring (bicyclic) bond motifs is 7. The van der Waals surface area contributed by atoms with Crippen LogP contribution in [0.4, 0.5) is 5.69 Å². The monoisotopic (exact) mass is 596 g/mol. The lowest BCUT2D eigenvalue weighted by Gasteiger charge is -2.12. The Labute approximate surface area is 264 Å². The van der Waals surface area contributed by atoms with Crippen LogP contribution >= 0.6 is 11.3 Å². The molecular formula is C41H28N2OS. The number of benzene rings is 7. The predicted octanol–water partition coefficient (Wildman–Crippen LogP) is 11.1. The summed E-state index contributed by atoms with van der Waals surface area (Å²) in [6.45, 7) is 0.454. The Morgan fingerprint density at radius 1 is 0.556 bits per heavy atom. The molecule has 9 rings (SSSR count). The highest BCUT2D eigenvalue weighted by molar-refractivity contribution is 7.25. The molecule has 0 radical (unpaired) electrons. The highest BCUT2D eigenvalue weighted by atomic mass is 32.1. The molecule has 4 heteroatoms. The van der Waals surface area contributed by atoms with Crippen molar-refractivity contribution >= 4 is 69.8 Å². The fraction of sp³-hybridized carbons (Fsp3) is 0.0244. The Balaban J connectivity index is 1.01. The molecule has 0 aliphatic rings. The van der Waals surface area contributed by atoms with Crippen LogP contribution in [0.1, 0.15) is 5.56 Å². The van der Waals surface area contributed by atoms with Gasteiger partial charge in [-0.2, -0.15) is 0 Å². The van der Waals surface area contributed by atoms with Crippen molar-refractivity contribution in [1.82, 2.24) is 4.57 Å². The molecule has 45 heavy (non-hydrogen) atoms. The van der Waals surface area contributed by atoms with E-state index in [-0.39, 0.29) is 0 Å². The number of nitrogens with zero attached hydrogens (tertiary/aromatic N) is 1. The summed E-state index contributed by atoms with van der Waals surface area (Å²) in [5.74, 6) is 0.766. The van der Waals surface area contributed by atoms with E-state index in [4.69, 9.17) is 10.5 Å². The predicted molar refractivity (Wildman–Crippen MR) is 192 cm³/mol. The van der Waals surface area contributed by atoms with E-state index in [9.17, 15) is 0 Å². The number of nitrogen functional groups attached to an aromatic ring is 1. The van der Waals surface area contributed by atoms with E-state index in [0.29, 0.717) is 12.3 Å². The van der Waals surface area contributed by atoms with Crippen LogP contribution in [0.3, 0.4) is 0 Å². The van der Waals surface area contributed by atoms with E-state index < -0.39 is 0 Å². The normalized spacial score (nSPS) is 11.7. The second-order valence-corrected chi connectivity index (χ2v) is 12.6. The second-order valence-electron chi connectivity index (χ2n) is 11.6. The topological polar surface area (TPSA) is 40.2 Å². The molecular weight excluding hydrogens is 569 g/mol. The van der Waals surface area contributed by atoms with Crippen molar-refractivity contribution in [1.29, 1.82) is 0 Å². The van der Waals surface area contributed by atoms with E-state index in [1.165, 1.54) is 58.5 Å². The lowest BCUT2D eigenvalue weighted by Crippen LogP contribution is -1.99. The van der Waals surface area contributed by atoms with Crippen LogP contribution in [-0.2, 0) is 6.61 Å². The number of thiophene rings is 1. The van der Waals surface area contributed by atoms with E-state index in [0.717, 1.165) is 22.4 Å². The lowest BCUT2D eigenvalue weighted by molar-refractivity contribution is 0.312. The molecule has 7 aromatic carbocycles. The number of para-hydroxylation sites is 1. The first kappa shape index (κ1) is 25.9. The zero-order valence-electron chi connectivity index (χ0n) is 24.4. The largest absolute Gasteiger partial charge is 0.486 e. The summed E-state index contributed by atoms with van der Waals surface area (Å²) in [4.78, 5) is 0. The van der Waals surface area contributed by atoms with E-state index in [1.807, 2.05) is 6.07 Å². The van der Waals surface area contributed by atoms with Gasteiger partial charge in [0.2, 0.25) is 0 Å². The Morgan fingerprint density at radius 2 is 1.22 bits per heavy atom. The lowest BCUT2D eigenvalue weighted by atomic mass is 10.0. The number of ether oxygens (including phenoxy) is 1. The molecule has 0 unspecified atom stereocenters. The fourth-order valence-corrected chi connectivity index (χ4v) is 7.75. The van der Waals surface area contributed by atoms with Gasteiger partial charge in [-0.15, -0.1) is 11.3 Å². The molecule has 3 nitrogen and oxygen atoms in total. The van der Waals surface area contributed by atoms with Crippen molar-refractivity contribution in [2.75, 3.05) is 5.73 Å². The number of aromatic nitrogens is 1. The molecule has 2 heterocycles. The Morgan fingerprint density at radius 3 is 2.02 bits per heavy atom. The van der Waals surface area contributed by atoms with Crippen LogP contribution in [0.2, 0.25) is 0 Å². The molecule has 2 aromatic heterocycles. The Bertz CT molecular complexity index is 2540. The minimum atomic E-state index is 0.454.